The predicted octanol–water partition coefficient (Wildman–Crippen LogP) is 1.56. The fourth-order valence-corrected chi connectivity index (χ4v) is 3.20. The molecule has 1 amide bonds. The Labute approximate surface area is 152 Å². The van der Waals surface area contributed by atoms with E-state index in [2.05, 4.69) is 0 Å². The Morgan fingerprint density at radius 1 is 1.17 bits per heavy atom. The van der Waals surface area contributed by atoms with Gasteiger partial charge in [-0.05, 0) is 12.1 Å². The second kappa shape index (κ2) is 8.38. The van der Waals surface area contributed by atoms with Crippen molar-refractivity contribution in [2.45, 2.75) is 0 Å². The Balaban J connectivity index is 1.75. The number of ether oxygens (including phenoxy) is 1. The number of carbonyl (C=O) groups is 1. The van der Waals surface area contributed by atoms with Gasteiger partial charge in [-0.1, -0.05) is 23.2 Å². The van der Waals surface area contributed by atoms with Crippen LogP contribution in [0.1, 0.15) is 0 Å². The van der Waals surface area contributed by atoms with E-state index in [1.807, 2.05) is 4.90 Å². The molecule has 2 rings (SSSR count). The van der Waals surface area contributed by atoms with E-state index in [4.69, 9.17) is 27.9 Å². The summed E-state index contributed by atoms with van der Waals surface area (Å²) in [7, 11) is -2.96. The number of hydrogen-bond donors (Lipinski definition) is 0. The summed E-state index contributed by atoms with van der Waals surface area (Å²) in [6.07, 6.45) is 1.23. The molecule has 0 saturated carbocycles. The van der Waals surface area contributed by atoms with Gasteiger partial charge < -0.3 is 9.64 Å². The van der Waals surface area contributed by atoms with Crippen LogP contribution in [-0.2, 0) is 14.6 Å². The Hall–Kier alpha value is -1.02. The predicted molar refractivity (Wildman–Crippen MR) is 94.7 cm³/mol. The number of amides is 1. The molecule has 9 heteroatoms. The highest BCUT2D eigenvalue weighted by Crippen LogP contribution is 2.26. The Bertz CT molecular complexity index is 689. The van der Waals surface area contributed by atoms with Crippen molar-refractivity contribution < 1.29 is 17.9 Å². The number of hydrogen-bond acceptors (Lipinski definition) is 5. The molecule has 1 heterocycles. The van der Waals surface area contributed by atoms with Gasteiger partial charge in [-0.2, -0.15) is 0 Å². The standard InChI is InChI=1S/C15H20Cl2N2O4S/c1-24(21,22)9-8-18-4-6-19(7-5-18)15(20)11-23-12-2-3-13(16)14(17)10-12/h2-3,10H,4-9,11H2,1H3. The summed E-state index contributed by atoms with van der Waals surface area (Å²) in [4.78, 5) is 15.9. The van der Waals surface area contributed by atoms with Gasteiger partial charge in [0.1, 0.15) is 15.6 Å². The second-order valence-electron chi connectivity index (χ2n) is 5.72. The van der Waals surface area contributed by atoms with Crippen molar-refractivity contribution in [1.82, 2.24) is 9.80 Å². The minimum absolute atomic E-state index is 0.0682. The van der Waals surface area contributed by atoms with Crippen LogP contribution < -0.4 is 4.74 Å². The highest BCUT2D eigenvalue weighted by Gasteiger charge is 2.22. The maximum absolute atomic E-state index is 12.2. The van der Waals surface area contributed by atoms with Crippen LogP contribution >= 0.6 is 23.2 Å². The Kier molecular flexibility index (Phi) is 6.74. The number of halogens is 2. The minimum atomic E-state index is -2.96. The van der Waals surface area contributed by atoms with Crippen molar-refractivity contribution in [2.24, 2.45) is 0 Å². The van der Waals surface area contributed by atoms with E-state index in [1.54, 1.807) is 23.1 Å². The smallest absolute Gasteiger partial charge is 0.260 e. The zero-order valence-corrected chi connectivity index (χ0v) is 15.7. The molecular formula is C15H20Cl2N2O4S. The van der Waals surface area contributed by atoms with Crippen LogP contribution in [0.25, 0.3) is 0 Å². The lowest BCUT2D eigenvalue weighted by atomic mass is 10.3. The van der Waals surface area contributed by atoms with E-state index in [9.17, 15) is 13.2 Å². The van der Waals surface area contributed by atoms with Crippen molar-refractivity contribution in [3.8, 4) is 5.75 Å². The zero-order chi connectivity index (χ0) is 17.7. The fourth-order valence-electron chi connectivity index (χ4n) is 2.32. The SMILES string of the molecule is CS(=O)(=O)CCN1CCN(C(=O)COc2ccc(Cl)c(Cl)c2)CC1. The number of piperazine rings is 1. The normalized spacial score (nSPS) is 16.2. The lowest BCUT2D eigenvalue weighted by Gasteiger charge is -2.34. The third-order valence-corrected chi connectivity index (χ3v) is 5.42. The average Bonchev–Trinajstić information content (AvgIpc) is 2.53. The van der Waals surface area contributed by atoms with Crippen LogP contribution in [0, 0.1) is 0 Å². The first-order chi connectivity index (χ1) is 11.2. The number of sulfone groups is 1. The van der Waals surface area contributed by atoms with Crippen molar-refractivity contribution in [2.75, 3.05) is 51.3 Å². The van der Waals surface area contributed by atoms with E-state index in [1.165, 1.54) is 6.26 Å². The quantitative estimate of drug-likeness (QED) is 0.732. The van der Waals surface area contributed by atoms with Crippen molar-refractivity contribution in [1.29, 1.82) is 0 Å². The minimum Gasteiger partial charge on any atom is -0.484 e. The third-order valence-electron chi connectivity index (χ3n) is 3.76. The zero-order valence-electron chi connectivity index (χ0n) is 13.4. The number of benzene rings is 1. The van der Waals surface area contributed by atoms with E-state index in [0.717, 1.165) is 0 Å². The molecule has 0 unspecified atom stereocenters. The summed E-state index contributed by atoms with van der Waals surface area (Å²) >= 11 is 11.7. The average molecular weight is 395 g/mol. The largest absolute Gasteiger partial charge is 0.484 e. The molecule has 1 fully saturated rings. The monoisotopic (exact) mass is 394 g/mol. The van der Waals surface area contributed by atoms with Crippen LogP contribution in [0.3, 0.4) is 0 Å². The van der Waals surface area contributed by atoms with Crippen LogP contribution in [-0.4, -0.2) is 75.5 Å². The van der Waals surface area contributed by atoms with Crippen LogP contribution in [0.5, 0.6) is 5.75 Å². The lowest BCUT2D eigenvalue weighted by molar-refractivity contribution is -0.135. The molecule has 0 aliphatic carbocycles. The molecule has 0 spiro atoms. The maximum atomic E-state index is 12.2. The number of carbonyl (C=O) groups excluding carboxylic acids is 1. The van der Waals surface area contributed by atoms with Gasteiger partial charge in [0.2, 0.25) is 0 Å². The lowest BCUT2D eigenvalue weighted by Crippen LogP contribution is -2.50. The molecule has 24 heavy (non-hydrogen) atoms. The summed E-state index contributed by atoms with van der Waals surface area (Å²) in [6.45, 7) is 2.88. The van der Waals surface area contributed by atoms with Crippen LogP contribution in [0.4, 0.5) is 0 Å². The topological polar surface area (TPSA) is 66.9 Å². The molecule has 6 nitrogen and oxygen atoms in total. The van der Waals surface area contributed by atoms with Gasteiger partial charge in [0.25, 0.3) is 5.91 Å². The fraction of sp³-hybridized carbons (Fsp3) is 0.533. The summed E-state index contributed by atoms with van der Waals surface area (Å²) in [6, 6.07) is 4.84. The molecule has 1 aliphatic heterocycles. The first-order valence-corrected chi connectivity index (χ1v) is 10.3. The van der Waals surface area contributed by atoms with Crippen molar-refractivity contribution >= 4 is 38.9 Å². The molecule has 0 aromatic heterocycles. The van der Waals surface area contributed by atoms with Gasteiger partial charge in [-0.15, -0.1) is 0 Å². The van der Waals surface area contributed by atoms with E-state index in [0.29, 0.717) is 48.5 Å². The van der Waals surface area contributed by atoms with E-state index in [-0.39, 0.29) is 18.3 Å². The Morgan fingerprint density at radius 2 is 1.83 bits per heavy atom. The first-order valence-electron chi connectivity index (χ1n) is 7.50. The molecule has 134 valence electrons. The molecule has 0 radical (unpaired) electrons. The molecule has 1 aromatic carbocycles. The third kappa shape index (κ3) is 6.12. The maximum Gasteiger partial charge on any atom is 0.260 e. The number of rotatable bonds is 6. The van der Waals surface area contributed by atoms with Crippen molar-refractivity contribution in [3.05, 3.63) is 28.2 Å². The van der Waals surface area contributed by atoms with Gasteiger partial charge in [0.05, 0.1) is 15.8 Å². The van der Waals surface area contributed by atoms with Gasteiger partial charge in [-0.25, -0.2) is 8.42 Å². The highest BCUT2D eigenvalue weighted by atomic mass is 35.5. The van der Waals surface area contributed by atoms with Crippen LogP contribution in [0.2, 0.25) is 10.0 Å². The highest BCUT2D eigenvalue weighted by molar-refractivity contribution is 7.90. The molecule has 0 N–H and O–H groups in total. The molecule has 1 aromatic rings. The summed E-state index contributed by atoms with van der Waals surface area (Å²) < 4.78 is 27.8. The van der Waals surface area contributed by atoms with Gasteiger partial charge in [0, 0.05) is 45.0 Å². The van der Waals surface area contributed by atoms with Gasteiger partial charge in [0.15, 0.2) is 6.61 Å². The van der Waals surface area contributed by atoms with Gasteiger partial charge in [-0.3, -0.25) is 9.69 Å². The van der Waals surface area contributed by atoms with E-state index >= 15 is 0 Å². The molecule has 0 bridgehead atoms. The van der Waals surface area contributed by atoms with Crippen molar-refractivity contribution in [3.63, 3.8) is 0 Å². The molecule has 0 atom stereocenters. The first kappa shape index (κ1) is 19.3. The molecule has 1 aliphatic rings. The number of nitrogens with zero attached hydrogens (tertiary/aromatic N) is 2. The molecular weight excluding hydrogens is 375 g/mol. The summed E-state index contributed by atoms with van der Waals surface area (Å²) in [5.74, 6) is 0.523. The van der Waals surface area contributed by atoms with Crippen LogP contribution in [0.15, 0.2) is 18.2 Å². The Morgan fingerprint density at radius 3 is 2.42 bits per heavy atom. The summed E-state index contributed by atoms with van der Waals surface area (Å²) in [5.41, 5.74) is 0. The second-order valence-corrected chi connectivity index (χ2v) is 8.79. The summed E-state index contributed by atoms with van der Waals surface area (Å²) in [5, 5.41) is 0.807. The van der Waals surface area contributed by atoms with Gasteiger partial charge >= 0.3 is 0 Å². The molecule has 1 saturated heterocycles. The van der Waals surface area contributed by atoms with E-state index < -0.39 is 9.84 Å².